The van der Waals surface area contributed by atoms with E-state index in [2.05, 4.69) is 45.1 Å². The van der Waals surface area contributed by atoms with E-state index in [1.54, 1.807) is 0 Å². The van der Waals surface area contributed by atoms with E-state index in [0.717, 1.165) is 64.2 Å². The highest BCUT2D eigenvalue weighted by atomic mass is 16.6. The second kappa shape index (κ2) is 58.5. The van der Waals surface area contributed by atoms with E-state index >= 15 is 0 Å². The molecule has 0 fully saturated rings. The maximum atomic E-state index is 12.8. The van der Waals surface area contributed by atoms with Crippen LogP contribution in [0.2, 0.25) is 0 Å². The fraction of sp³-hybridized carbons (Fsp3) is 0.889. The molecule has 1 unspecified atom stereocenters. The highest BCUT2D eigenvalue weighted by Crippen LogP contribution is 2.17. The van der Waals surface area contributed by atoms with Crippen molar-refractivity contribution in [2.45, 2.75) is 348 Å². The predicted octanol–water partition coefficient (Wildman–Crippen LogP) is 20.7. The molecule has 0 radical (unpaired) electrons. The highest BCUT2D eigenvalue weighted by Gasteiger charge is 2.19. The Hall–Kier alpha value is -2.11. The lowest BCUT2D eigenvalue weighted by atomic mass is 10.0. The van der Waals surface area contributed by atoms with Gasteiger partial charge in [0.25, 0.3) is 0 Å². The summed E-state index contributed by atoms with van der Waals surface area (Å²) in [5, 5.41) is 0. The molecule has 69 heavy (non-hydrogen) atoms. The normalized spacial score (nSPS) is 12.1. The summed E-state index contributed by atoms with van der Waals surface area (Å²) in [6, 6.07) is 0. The monoisotopic (exact) mass is 971 g/mol. The van der Waals surface area contributed by atoms with Crippen molar-refractivity contribution in [1.29, 1.82) is 0 Å². The zero-order chi connectivity index (χ0) is 50.0. The molecule has 0 bridgehead atoms. The molecule has 0 aliphatic carbocycles. The Balaban J connectivity index is 4.13. The molecule has 6 nitrogen and oxygen atoms in total. The van der Waals surface area contributed by atoms with Gasteiger partial charge in [0.2, 0.25) is 0 Å². The molecule has 0 amide bonds. The van der Waals surface area contributed by atoms with Gasteiger partial charge in [-0.05, 0) is 70.6 Å². The number of hydrogen-bond donors (Lipinski definition) is 0. The van der Waals surface area contributed by atoms with Crippen LogP contribution in [0.5, 0.6) is 0 Å². The SMILES string of the molecule is CCCCCC/C=C\CCCCCCCC(=O)OC(COC(=O)CCCCCCCCCCCCC)COC(=O)CCCCCCCCCCCCCCCCC/C=C\CCCCCCCCCC. The number of allylic oxidation sites excluding steroid dienone is 4. The summed E-state index contributed by atoms with van der Waals surface area (Å²) in [6.07, 6.45) is 69.1. The molecular weight excluding hydrogens is 853 g/mol. The van der Waals surface area contributed by atoms with Gasteiger partial charge in [-0.25, -0.2) is 0 Å². The Labute approximate surface area is 430 Å². The first-order chi connectivity index (χ1) is 34.0. The zero-order valence-corrected chi connectivity index (χ0v) is 46.6. The Bertz CT molecular complexity index is 1110. The molecule has 0 saturated heterocycles. The van der Waals surface area contributed by atoms with Gasteiger partial charge >= 0.3 is 17.9 Å². The van der Waals surface area contributed by atoms with Gasteiger partial charge in [0.15, 0.2) is 6.10 Å². The second-order valence-corrected chi connectivity index (χ2v) is 21.0. The summed E-state index contributed by atoms with van der Waals surface area (Å²) in [6.45, 7) is 6.66. The van der Waals surface area contributed by atoms with E-state index in [1.165, 1.54) is 238 Å². The zero-order valence-electron chi connectivity index (χ0n) is 46.6. The maximum absolute atomic E-state index is 12.8. The lowest BCUT2D eigenvalue weighted by molar-refractivity contribution is -0.167. The maximum Gasteiger partial charge on any atom is 0.306 e. The van der Waals surface area contributed by atoms with Gasteiger partial charge in [-0.1, -0.05) is 276 Å². The second-order valence-electron chi connectivity index (χ2n) is 21.0. The van der Waals surface area contributed by atoms with Crippen LogP contribution in [0.3, 0.4) is 0 Å². The van der Waals surface area contributed by atoms with Gasteiger partial charge in [0.1, 0.15) is 13.2 Å². The van der Waals surface area contributed by atoms with Crippen LogP contribution in [0.1, 0.15) is 342 Å². The molecule has 0 N–H and O–H groups in total. The third kappa shape index (κ3) is 56.7. The van der Waals surface area contributed by atoms with Crippen molar-refractivity contribution in [3.8, 4) is 0 Å². The molecule has 0 spiro atoms. The van der Waals surface area contributed by atoms with Crippen molar-refractivity contribution in [3.05, 3.63) is 24.3 Å². The standard InChI is InChI=1S/C63H118O6/c1-4-7-10-13-16-19-22-24-25-26-27-28-29-30-31-32-33-34-35-36-37-39-41-44-47-50-53-56-62(65)68-59-60(58-67-61(64)55-52-49-46-43-40-21-18-15-12-9-6-3)69-63(66)57-54-51-48-45-42-38-23-20-17-14-11-8-5-2/h20,23,26-27,60H,4-19,21-22,24-25,28-59H2,1-3H3/b23-20-,27-26-. The third-order valence-electron chi connectivity index (χ3n) is 13.9. The van der Waals surface area contributed by atoms with E-state index in [-0.39, 0.29) is 31.1 Å². The minimum Gasteiger partial charge on any atom is -0.462 e. The summed E-state index contributed by atoms with van der Waals surface area (Å²) in [4.78, 5) is 38.1. The molecule has 0 aliphatic rings. The first-order valence-electron chi connectivity index (χ1n) is 30.8. The Morgan fingerprint density at radius 2 is 0.478 bits per heavy atom. The molecule has 0 rings (SSSR count). The molecule has 0 aliphatic heterocycles. The van der Waals surface area contributed by atoms with Crippen molar-refractivity contribution in [3.63, 3.8) is 0 Å². The molecule has 0 aromatic rings. The minimum atomic E-state index is -0.770. The predicted molar refractivity (Wildman–Crippen MR) is 298 cm³/mol. The van der Waals surface area contributed by atoms with Crippen molar-refractivity contribution in [1.82, 2.24) is 0 Å². The molecular formula is C63H118O6. The summed E-state index contributed by atoms with van der Waals surface area (Å²) >= 11 is 0. The summed E-state index contributed by atoms with van der Waals surface area (Å²) < 4.78 is 16.9. The summed E-state index contributed by atoms with van der Waals surface area (Å²) in [7, 11) is 0. The molecule has 0 aromatic carbocycles. The Morgan fingerprint density at radius 1 is 0.275 bits per heavy atom. The van der Waals surface area contributed by atoms with Crippen LogP contribution >= 0.6 is 0 Å². The first-order valence-corrected chi connectivity index (χ1v) is 30.8. The molecule has 0 heterocycles. The van der Waals surface area contributed by atoms with Crippen LogP contribution in [0.15, 0.2) is 24.3 Å². The van der Waals surface area contributed by atoms with Gasteiger partial charge in [0, 0.05) is 19.3 Å². The first kappa shape index (κ1) is 66.9. The number of carbonyl (C=O) groups excluding carboxylic acids is 3. The molecule has 0 aromatic heterocycles. The molecule has 1 atom stereocenters. The van der Waals surface area contributed by atoms with E-state index in [1.807, 2.05) is 0 Å². The average Bonchev–Trinajstić information content (AvgIpc) is 3.35. The number of carbonyl (C=O) groups is 3. The summed E-state index contributed by atoms with van der Waals surface area (Å²) in [5.41, 5.74) is 0. The van der Waals surface area contributed by atoms with E-state index in [4.69, 9.17) is 14.2 Å². The van der Waals surface area contributed by atoms with Crippen LogP contribution in [0.4, 0.5) is 0 Å². The van der Waals surface area contributed by atoms with E-state index in [0.29, 0.717) is 19.3 Å². The molecule has 0 saturated carbocycles. The van der Waals surface area contributed by atoms with Crippen molar-refractivity contribution in [2.24, 2.45) is 0 Å². The quantitative estimate of drug-likeness (QED) is 0.0261. The average molecular weight is 972 g/mol. The fourth-order valence-electron chi connectivity index (χ4n) is 9.26. The van der Waals surface area contributed by atoms with Crippen LogP contribution < -0.4 is 0 Å². The minimum absolute atomic E-state index is 0.0697. The van der Waals surface area contributed by atoms with E-state index in [9.17, 15) is 14.4 Å². The number of esters is 3. The van der Waals surface area contributed by atoms with Crippen molar-refractivity contribution in [2.75, 3.05) is 13.2 Å². The topological polar surface area (TPSA) is 78.9 Å². The van der Waals surface area contributed by atoms with Gasteiger partial charge < -0.3 is 14.2 Å². The number of ether oxygens (including phenoxy) is 3. The van der Waals surface area contributed by atoms with Gasteiger partial charge in [-0.15, -0.1) is 0 Å². The number of rotatable bonds is 57. The Morgan fingerprint density at radius 3 is 0.739 bits per heavy atom. The summed E-state index contributed by atoms with van der Waals surface area (Å²) in [5.74, 6) is -0.859. The highest BCUT2D eigenvalue weighted by molar-refractivity contribution is 5.71. The van der Waals surface area contributed by atoms with Gasteiger partial charge in [-0.2, -0.15) is 0 Å². The smallest absolute Gasteiger partial charge is 0.306 e. The van der Waals surface area contributed by atoms with Crippen molar-refractivity contribution >= 4 is 17.9 Å². The third-order valence-corrected chi connectivity index (χ3v) is 13.9. The number of hydrogen-bond acceptors (Lipinski definition) is 6. The Kier molecular flexibility index (Phi) is 56.7. The van der Waals surface area contributed by atoms with Crippen molar-refractivity contribution < 1.29 is 28.6 Å². The van der Waals surface area contributed by atoms with Crippen LogP contribution in [0, 0.1) is 0 Å². The van der Waals surface area contributed by atoms with Crippen LogP contribution in [-0.4, -0.2) is 37.2 Å². The van der Waals surface area contributed by atoms with Gasteiger partial charge in [0.05, 0.1) is 0 Å². The lowest BCUT2D eigenvalue weighted by Gasteiger charge is -2.18. The molecule has 406 valence electrons. The fourth-order valence-corrected chi connectivity index (χ4v) is 9.26. The van der Waals surface area contributed by atoms with E-state index < -0.39 is 6.10 Å². The van der Waals surface area contributed by atoms with Crippen LogP contribution in [-0.2, 0) is 28.6 Å². The largest absolute Gasteiger partial charge is 0.462 e. The van der Waals surface area contributed by atoms with Gasteiger partial charge in [-0.3, -0.25) is 14.4 Å². The van der Waals surface area contributed by atoms with Crippen LogP contribution in [0.25, 0.3) is 0 Å². The lowest BCUT2D eigenvalue weighted by Crippen LogP contribution is -2.30. The molecule has 6 heteroatoms. The number of unbranched alkanes of at least 4 members (excludes halogenated alkanes) is 42.